The normalized spacial score (nSPS) is 22.5. The molecule has 0 aromatic heterocycles. The van der Waals surface area contributed by atoms with E-state index >= 15 is 0 Å². The minimum Gasteiger partial charge on any atom is -0.484 e. The summed E-state index contributed by atoms with van der Waals surface area (Å²) in [5, 5.41) is 0.273. The number of sulfone groups is 1. The first-order chi connectivity index (χ1) is 10.4. The van der Waals surface area contributed by atoms with Crippen molar-refractivity contribution in [2.75, 3.05) is 32.5 Å². The maximum atomic E-state index is 11.7. The van der Waals surface area contributed by atoms with Gasteiger partial charge in [-0.1, -0.05) is 18.0 Å². The number of benzene rings is 1. The van der Waals surface area contributed by atoms with Gasteiger partial charge in [-0.05, 0) is 32.0 Å². The van der Waals surface area contributed by atoms with Crippen LogP contribution in [0, 0.1) is 0 Å². The summed E-state index contributed by atoms with van der Waals surface area (Å²) in [6, 6.07) is 2.91. The van der Waals surface area contributed by atoms with Gasteiger partial charge in [0.25, 0.3) is 0 Å². The quantitative estimate of drug-likeness (QED) is 0.841. The minimum absolute atomic E-state index is 0.100. The van der Waals surface area contributed by atoms with Gasteiger partial charge in [0.15, 0.2) is 21.3 Å². The predicted octanol–water partition coefficient (Wildman–Crippen LogP) is 2.37. The molecule has 22 heavy (non-hydrogen) atoms. The molecular formula is C15H20ClNO4S. The predicted molar refractivity (Wildman–Crippen MR) is 84.8 cm³/mol. The van der Waals surface area contributed by atoms with Crippen molar-refractivity contribution >= 4 is 21.4 Å². The Labute approximate surface area is 136 Å². The second-order valence-electron chi connectivity index (χ2n) is 5.92. The number of likely N-dealkylation sites (tertiary alicyclic amines) is 1. The highest BCUT2D eigenvalue weighted by Crippen LogP contribution is 2.40. The zero-order chi connectivity index (χ0) is 15.7. The minimum atomic E-state index is -3.33. The number of halogens is 1. The summed E-state index contributed by atoms with van der Waals surface area (Å²) in [6.45, 7) is 3.38. The second-order valence-corrected chi connectivity index (χ2v) is 8.34. The monoisotopic (exact) mass is 345 g/mol. The summed E-state index contributed by atoms with van der Waals surface area (Å²) in [7, 11) is -3.33. The van der Waals surface area contributed by atoms with Crippen LogP contribution in [0.25, 0.3) is 0 Å². The molecule has 1 aromatic carbocycles. The summed E-state index contributed by atoms with van der Waals surface area (Å²) in [6.07, 6.45) is 4.77. The summed E-state index contributed by atoms with van der Waals surface area (Å²) in [4.78, 5) is 2.52. The van der Waals surface area contributed by atoms with Crippen molar-refractivity contribution in [2.45, 2.75) is 30.3 Å². The number of piperidine rings is 1. The van der Waals surface area contributed by atoms with Crippen molar-refractivity contribution in [1.29, 1.82) is 0 Å². The van der Waals surface area contributed by atoms with E-state index in [4.69, 9.17) is 21.1 Å². The van der Waals surface area contributed by atoms with E-state index in [1.165, 1.54) is 31.4 Å². The fourth-order valence-electron chi connectivity index (χ4n) is 2.90. The third-order valence-corrected chi connectivity index (χ3v) is 5.40. The van der Waals surface area contributed by atoms with E-state index in [2.05, 4.69) is 4.90 Å². The molecule has 122 valence electrons. The van der Waals surface area contributed by atoms with Crippen molar-refractivity contribution in [3.05, 3.63) is 17.2 Å². The average molecular weight is 346 g/mol. The molecule has 3 rings (SSSR count). The van der Waals surface area contributed by atoms with Crippen LogP contribution in [0.3, 0.4) is 0 Å². The Kier molecular flexibility index (Phi) is 4.52. The SMILES string of the molecule is CS(=O)(=O)c1cc(Cl)c2c(c1)O[C@@H](CN1CCCCC1)CO2. The molecule has 1 atom stereocenters. The lowest BCUT2D eigenvalue weighted by Crippen LogP contribution is -2.43. The van der Waals surface area contributed by atoms with E-state index < -0.39 is 9.84 Å². The summed E-state index contributed by atoms with van der Waals surface area (Å²) in [5.41, 5.74) is 0. The van der Waals surface area contributed by atoms with Crippen LogP contribution in [0.4, 0.5) is 0 Å². The van der Waals surface area contributed by atoms with Gasteiger partial charge < -0.3 is 9.47 Å². The van der Waals surface area contributed by atoms with Crippen LogP contribution in [0.15, 0.2) is 17.0 Å². The Balaban J connectivity index is 1.77. The Morgan fingerprint density at radius 2 is 2.00 bits per heavy atom. The lowest BCUT2D eigenvalue weighted by molar-refractivity contribution is 0.0531. The van der Waals surface area contributed by atoms with Gasteiger partial charge in [-0.25, -0.2) is 8.42 Å². The number of hydrogen-bond acceptors (Lipinski definition) is 5. The third kappa shape index (κ3) is 3.50. The molecule has 2 heterocycles. The molecule has 1 fully saturated rings. The number of rotatable bonds is 3. The van der Waals surface area contributed by atoms with Gasteiger partial charge in [-0.3, -0.25) is 4.90 Å². The summed E-state index contributed by atoms with van der Waals surface area (Å²) in [5.74, 6) is 0.852. The van der Waals surface area contributed by atoms with E-state index in [0.29, 0.717) is 18.1 Å². The molecule has 2 aliphatic heterocycles. The zero-order valence-corrected chi connectivity index (χ0v) is 14.1. The molecule has 0 amide bonds. The van der Waals surface area contributed by atoms with Gasteiger partial charge in [0, 0.05) is 18.9 Å². The van der Waals surface area contributed by atoms with Gasteiger partial charge in [-0.2, -0.15) is 0 Å². The van der Waals surface area contributed by atoms with Crippen LogP contribution in [0.5, 0.6) is 11.5 Å². The molecule has 0 unspecified atom stereocenters. The van der Waals surface area contributed by atoms with Gasteiger partial charge >= 0.3 is 0 Å². The van der Waals surface area contributed by atoms with E-state index in [-0.39, 0.29) is 16.0 Å². The molecule has 5 nitrogen and oxygen atoms in total. The average Bonchev–Trinajstić information content (AvgIpc) is 2.47. The van der Waals surface area contributed by atoms with Crippen LogP contribution in [0.2, 0.25) is 5.02 Å². The Bertz CT molecular complexity index is 656. The smallest absolute Gasteiger partial charge is 0.180 e. The lowest BCUT2D eigenvalue weighted by Gasteiger charge is -2.33. The van der Waals surface area contributed by atoms with Crippen LogP contribution in [-0.4, -0.2) is 51.9 Å². The number of nitrogens with zero attached hydrogens (tertiary/aromatic N) is 1. The van der Waals surface area contributed by atoms with Crippen LogP contribution in [0.1, 0.15) is 19.3 Å². The first-order valence-corrected chi connectivity index (χ1v) is 9.76. The van der Waals surface area contributed by atoms with E-state index in [0.717, 1.165) is 25.9 Å². The van der Waals surface area contributed by atoms with E-state index in [1.807, 2.05) is 0 Å². The number of ether oxygens (including phenoxy) is 2. The number of fused-ring (bicyclic) bond motifs is 1. The molecular weight excluding hydrogens is 326 g/mol. The fraction of sp³-hybridized carbons (Fsp3) is 0.600. The molecule has 1 saturated heterocycles. The molecule has 2 aliphatic rings. The summed E-state index contributed by atoms with van der Waals surface area (Å²) >= 11 is 6.11. The largest absolute Gasteiger partial charge is 0.484 e. The first kappa shape index (κ1) is 15.9. The maximum absolute atomic E-state index is 11.7. The van der Waals surface area contributed by atoms with E-state index in [9.17, 15) is 8.42 Å². The molecule has 7 heteroatoms. The van der Waals surface area contributed by atoms with Crippen molar-refractivity contribution in [2.24, 2.45) is 0 Å². The highest BCUT2D eigenvalue weighted by atomic mass is 35.5. The van der Waals surface area contributed by atoms with E-state index in [1.54, 1.807) is 0 Å². The van der Waals surface area contributed by atoms with Crippen molar-refractivity contribution in [3.63, 3.8) is 0 Å². The van der Waals surface area contributed by atoms with Gasteiger partial charge in [0.2, 0.25) is 0 Å². The molecule has 0 radical (unpaired) electrons. The van der Waals surface area contributed by atoms with Crippen molar-refractivity contribution < 1.29 is 17.9 Å². The Morgan fingerprint density at radius 1 is 1.27 bits per heavy atom. The summed E-state index contributed by atoms with van der Waals surface area (Å²) < 4.78 is 35.0. The maximum Gasteiger partial charge on any atom is 0.180 e. The molecule has 0 bridgehead atoms. The second kappa shape index (κ2) is 6.26. The van der Waals surface area contributed by atoms with Crippen molar-refractivity contribution in [3.8, 4) is 11.5 Å². The zero-order valence-electron chi connectivity index (χ0n) is 12.5. The topological polar surface area (TPSA) is 55.8 Å². The third-order valence-electron chi connectivity index (χ3n) is 4.03. The van der Waals surface area contributed by atoms with Gasteiger partial charge in [0.1, 0.15) is 12.7 Å². The van der Waals surface area contributed by atoms with Gasteiger partial charge in [0.05, 0.1) is 9.92 Å². The van der Waals surface area contributed by atoms with Crippen LogP contribution in [-0.2, 0) is 9.84 Å². The van der Waals surface area contributed by atoms with Crippen LogP contribution < -0.4 is 9.47 Å². The molecule has 0 aliphatic carbocycles. The first-order valence-electron chi connectivity index (χ1n) is 7.49. The van der Waals surface area contributed by atoms with Gasteiger partial charge in [-0.15, -0.1) is 0 Å². The Hall–Kier alpha value is -0.980. The highest BCUT2D eigenvalue weighted by Gasteiger charge is 2.27. The number of hydrogen-bond donors (Lipinski definition) is 0. The Morgan fingerprint density at radius 3 is 2.68 bits per heavy atom. The molecule has 0 saturated carbocycles. The molecule has 0 N–H and O–H groups in total. The standard InChI is InChI=1S/C15H20ClNO4S/c1-22(18,19)12-7-13(16)15-14(8-12)21-11(10-20-15)9-17-5-3-2-4-6-17/h7-8,11H,2-6,9-10H2,1H3/t11-/m0/s1. The fourth-order valence-corrected chi connectivity index (χ4v) is 3.88. The molecule has 1 aromatic rings. The van der Waals surface area contributed by atoms with Crippen molar-refractivity contribution in [1.82, 2.24) is 4.90 Å². The highest BCUT2D eigenvalue weighted by molar-refractivity contribution is 7.90. The van der Waals surface area contributed by atoms with Crippen LogP contribution >= 0.6 is 11.6 Å². The molecule has 0 spiro atoms. The lowest BCUT2D eigenvalue weighted by atomic mass is 10.1.